The van der Waals surface area contributed by atoms with Crippen molar-refractivity contribution in [3.8, 4) is 22.5 Å². The van der Waals surface area contributed by atoms with Gasteiger partial charge in [-0.05, 0) is 55.3 Å². The lowest BCUT2D eigenvalue weighted by molar-refractivity contribution is 0.0664. The number of pyridine rings is 1. The van der Waals surface area contributed by atoms with Crippen LogP contribution in [0.2, 0.25) is 0 Å². The number of hydrogen-bond acceptors (Lipinski definition) is 4. The van der Waals surface area contributed by atoms with E-state index >= 15 is 0 Å². The number of carbonyl (C=O) groups is 1. The molecule has 1 saturated heterocycles. The number of imidazole rings is 1. The zero-order valence-electron chi connectivity index (χ0n) is 19.4. The van der Waals surface area contributed by atoms with Crippen LogP contribution in [0.15, 0.2) is 54.7 Å². The number of aromatic nitrogens is 3. The summed E-state index contributed by atoms with van der Waals surface area (Å²) < 4.78 is 0. The number of nitrogens with one attached hydrogen (secondary N) is 1. The van der Waals surface area contributed by atoms with Gasteiger partial charge in [0.15, 0.2) is 5.65 Å². The van der Waals surface area contributed by atoms with Crippen molar-refractivity contribution >= 4 is 17.1 Å². The van der Waals surface area contributed by atoms with Gasteiger partial charge in [0, 0.05) is 49.1 Å². The Bertz CT molecular complexity index is 1300. The molecule has 4 aromatic rings. The van der Waals surface area contributed by atoms with Crippen molar-refractivity contribution < 1.29 is 4.79 Å². The molecule has 6 heteroatoms. The zero-order chi connectivity index (χ0) is 22.9. The second kappa shape index (κ2) is 8.79. The molecule has 3 heterocycles. The molecule has 168 valence electrons. The first-order valence-corrected chi connectivity index (χ1v) is 11.6. The third-order valence-corrected chi connectivity index (χ3v) is 6.58. The van der Waals surface area contributed by atoms with Crippen molar-refractivity contribution in [2.45, 2.75) is 20.3 Å². The van der Waals surface area contributed by atoms with E-state index in [-0.39, 0.29) is 5.91 Å². The van der Waals surface area contributed by atoms with Crippen LogP contribution in [-0.2, 0) is 6.42 Å². The number of amides is 1. The van der Waals surface area contributed by atoms with Gasteiger partial charge < -0.3 is 14.8 Å². The second-order valence-electron chi connectivity index (χ2n) is 8.82. The van der Waals surface area contributed by atoms with E-state index in [2.05, 4.69) is 54.0 Å². The molecular formula is C27H29N5O. The highest BCUT2D eigenvalue weighted by atomic mass is 16.2. The molecule has 0 atom stereocenters. The average molecular weight is 440 g/mol. The molecule has 0 unspecified atom stereocenters. The Kier molecular flexibility index (Phi) is 5.68. The highest BCUT2D eigenvalue weighted by Crippen LogP contribution is 2.31. The Morgan fingerprint density at radius 3 is 2.45 bits per heavy atom. The summed E-state index contributed by atoms with van der Waals surface area (Å²) in [5.41, 5.74) is 8.12. The zero-order valence-corrected chi connectivity index (χ0v) is 19.4. The van der Waals surface area contributed by atoms with Gasteiger partial charge in [0.1, 0.15) is 5.82 Å². The molecule has 0 radical (unpaired) electrons. The minimum absolute atomic E-state index is 0.0919. The first kappa shape index (κ1) is 21.3. The Balaban J connectivity index is 1.44. The number of benzene rings is 2. The summed E-state index contributed by atoms with van der Waals surface area (Å²) in [6, 6.07) is 16.4. The largest absolute Gasteiger partial charge is 0.336 e. The normalized spacial score (nSPS) is 14.7. The predicted octanol–water partition coefficient (Wildman–Crippen LogP) is 4.55. The molecular weight excluding hydrogens is 410 g/mol. The van der Waals surface area contributed by atoms with Crippen LogP contribution in [0.25, 0.3) is 33.7 Å². The van der Waals surface area contributed by atoms with E-state index in [0.29, 0.717) is 11.2 Å². The number of hydrogen-bond donors (Lipinski definition) is 1. The van der Waals surface area contributed by atoms with Gasteiger partial charge in [-0.25, -0.2) is 9.97 Å². The van der Waals surface area contributed by atoms with Crippen molar-refractivity contribution in [3.63, 3.8) is 0 Å². The number of aromatic amines is 1. The molecule has 1 aliphatic rings. The summed E-state index contributed by atoms with van der Waals surface area (Å²) in [6.07, 6.45) is 2.83. The smallest absolute Gasteiger partial charge is 0.253 e. The summed E-state index contributed by atoms with van der Waals surface area (Å²) >= 11 is 0. The number of carbonyl (C=O) groups excluding carboxylic acids is 1. The fourth-order valence-electron chi connectivity index (χ4n) is 4.48. The van der Waals surface area contributed by atoms with E-state index in [9.17, 15) is 4.79 Å². The van der Waals surface area contributed by atoms with Crippen LogP contribution in [0.3, 0.4) is 0 Å². The van der Waals surface area contributed by atoms with E-state index < -0.39 is 0 Å². The van der Waals surface area contributed by atoms with Crippen molar-refractivity contribution in [1.82, 2.24) is 24.8 Å². The van der Waals surface area contributed by atoms with Crippen molar-refractivity contribution in [2.75, 3.05) is 33.2 Å². The number of fused-ring (bicyclic) bond motifs is 1. The number of rotatable bonds is 4. The molecule has 1 N–H and O–H groups in total. The summed E-state index contributed by atoms with van der Waals surface area (Å²) in [5, 5.41) is 0. The molecule has 33 heavy (non-hydrogen) atoms. The van der Waals surface area contributed by atoms with Gasteiger partial charge in [-0.3, -0.25) is 4.79 Å². The van der Waals surface area contributed by atoms with Gasteiger partial charge in [0.25, 0.3) is 5.91 Å². The van der Waals surface area contributed by atoms with Gasteiger partial charge in [-0.2, -0.15) is 0 Å². The third kappa shape index (κ3) is 4.14. The van der Waals surface area contributed by atoms with Crippen LogP contribution in [0.1, 0.15) is 28.4 Å². The quantitative estimate of drug-likeness (QED) is 0.507. The molecule has 1 fully saturated rings. The molecule has 6 nitrogen and oxygen atoms in total. The maximum absolute atomic E-state index is 12.8. The highest BCUT2D eigenvalue weighted by molar-refractivity contribution is 5.95. The fraction of sp³-hybridized carbons (Fsp3) is 0.296. The van der Waals surface area contributed by atoms with Crippen molar-refractivity contribution in [3.05, 3.63) is 71.4 Å². The monoisotopic (exact) mass is 439 g/mol. The minimum atomic E-state index is 0.0919. The molecule has 0 aliphatic carbocycles. The van der Waals surface area contributed by atoms with E-state index in [0.717, 1.165) is 55.1 Å². The molecule has 0 bridgehead atoms. The molecule has 1 amide bonds. The molecule has 1 aliphatic heterocycles. The summed E-state index contributed by atoms with van der Waals surface area (Å²) in [5.74, 6) is 0.848. The van der Waals surface area contributed by atoms with Gasteiger partial charge in [0.05, 0.1) is 5.52 Å². The average Bonchev–Trinajstić information content (AvgIpc) is 3.29. The van der Waals surface area contributed by atoms with Crippen molar-refractivity contribution in [1.29, 1.82) is 0 Å². The number of H-pyrrole nitrogens is 1. The lowest BCUT2D eigenvalue weighted by atomic mass is 9.98. The summed E-state index contributed by atoms with van der Waals surface area (Å²) in [4.78, 5) is 29.7. The van der Waals surface area contributed by atoms with Gasteiger partial charge >= 0.3 is 0 Å². The SMILES string of the molecule is CCc1ccc(-c2ccnc3nc(-c4ccc(C(=O)N5CCN(C)CC5)cc4)[nH]c23)c(C)c1. The van der Waals surface area contributed by atoms with Crippen LogP contribution in [0.5, 0.6) is 0 Å². The molecule has 0 saturated carbocycles. The number of aryl methyl sites for hydroxylation is 2. The Morgan fingerprint density at radius 1 is 1.00 bits per heavy atom. The topological polar surface area (TPSA) is 65.1 Å². The van der Waals surface area contributed by atoms with Gasteiger partial charge in [-0.1, -0.05) is 37.3 Å². The van der Waals surface area contributed by atoms with Crippen LogP contribution < -0.4 is 0 Å². The second-order valence-corrected chi connectivity index (χ2v) is 8.82. The predicted molar refractivity (Wildman–Crippen MR) is 132 cm³/mol. The van der Waals surface area contributed by atoms with Gasteiger partial charge in [0.2, 0.25) is 0 Å². The van der Waals surface area contributed by atoms with Crippen LogP contribution >= 0.6 is 0 Å². The Labute approximate surface area is 194 Å². The first-order valence-electron chi connectivity index (χ1n) is 11.6. The molecule has 5 rings (SSSR count). The molecule has 0 spiro atoms. The highest BCUT2D eigenvalue weighted by Gasteiger charge is 2.20. The maximum Gasteiger partial charge on any atom is 0.253 e. The van der Waals surface area contributed by atoms with E-state index in [1.54, 1.807) is 0 Å². The summed E-state index contributed by atoms with van der Waals surface area (Å²) in [7, 11) is 2.09. The standard InChI is InChI=1S/C27H29N5O/c1-4-19-5-10-22(18(2)17-19)23-11-12-28-26-24(23)29-25(30-26)20-6-8-21(9-7-20)27(33)32-15-13-31(3)14-16-32/h5-12,17H,4,13-16H2,1-3H3,(H,28,29,30). The van der Waals surface area contributed by atoms with Crippen molar-refractivity contribution in [2.24, 2.45) is 0 Å². The lowest BCUT2D eigenvalue weighted by Gasteiger charge is -2.32. The van der Waals surface area contributed by atoms with E-state index in [1.165, 1.54) is 16.7 Å². The first-order chi connectivity index (χ1) is 16.0. The lowest BCUT2D eigenvalue weighted by Crippen LogP contribution is -2.47. The van der Waals surface area contributed by atoms with Gasteiger partial charge in [-0.15, -0.1) is 0 Å². The maximum atomic E-state index is 12.8. The van der Waals surface area contributed by atoms with Crippen LogP contribution in [-0.4, -0.2) is 63.9 Å². The Morgan fingerprint density at radius 2 is 1.76 bits per heavy atom. The third-order valence-electron chi connectivity index (χ3n) is 6.58. The van der Waals surface area contributed by atoms with Crippen LogP contribution in [0.4, 0.5) is 0 Å². The van der Waals surface area contributed by atoms with E-state index in [1.807, 2.05) is 41.4 Å². The molecule has 2 aromatic carbocycles. The van der Waals surface area contributed by atoms with E-state index in [4.69, 9.17) is 4.98 Å². The summed E-state index contributed by atoms with van der Waals surface area (Å²) in [6.45, 7) is 7.69. The number of nitrogens with zero attached hydrogens (tertiary/aromatic N) is 4. The van der Waals surface area contributed by atoms with Crippen LogP contribution in [0, 0.1) is 6.92 Å². The fourth-order valence-corrected chi connectivity index (χ4v) is 4.48. The number of likely N-dealkylation sites (N-methyl/N-ethyl adjacent to an activating group) is 1. The Hall–Kier alpha value is -3.51. The molecule has 2 aromatic heterocycles. The minimum Gasteiger partial charge on any atom is -0.336 e. The number of piperazine rings is 1.